The Morgan fingerprint density at radius 3 is 2.50 bits per heavy atom. The molecule has 112 valence electrons. The fourth-order valence-electron chi connectivity index (χ4n) is 2.56. The molecule has 1 aromatic carbocycles. The summed E-state index contributed by atoms with van der Waals surface area (Å²) in [5.74, 6) is 1.10. The predicted molar refractivity (Wildman–Crippen MR) is 83.6 cm³/mol. The van der Waals surface area contributed by atoms with Crippen molar-refractivity contribution >= 4 is 5.97 Å². The van der Waals surface area contributed by atoms with E-state index in [2.05, 4.69) is 20.8 Å². The lowest BCUT2D eigenvalue weighted by Crippen LogP contribution is -2.14. The summed E-state index contributed by atoms with van der Waals surface area (Å²) in [6.45, 7) is 7.21. The Morgan fingerprint density at radius 2 is 1.85 bits per heavy atom. The van der Waals surface area contributed by atoms with Crippen LogP contribution in [0.15, 0.2) is 30.3 Å². The third kappa shape index (κ3) is 7.32. The molecular weight excluding hydrogens is 248 g/mol. The molecule has 0 fully saturated rings. The van der Waals surface area contributed by atoms with E-state index in [4.69, 9.17) is 4.74 Å². The van der Waals surface area contributed by atoms with Gasteiger partial charge in [0.15, 0.2) is 0 Å². The van der Waals surface area contributed by atoms with Crippen molar-refractivity contribution in [3.05, 3.63) is 35.9 Å². The Bertz CT molecular complexity index is 372. The Hall–Kier alpha value is -1.31. The van der Waals surface area contributed by atoms with Crippen LogP contribution in [-0.2, 0) is 16.0 Å². The predicted octanol–water partition coefficient (Wildman–Crippen LogP) is 4.62. The van der Waals surface area contributed by atoms with Gasteiger partial charge in [-0.1, -0.05) is 63.9 Å². The van der Waals surface area contributed by atoms with E-state index < -0.39 is 0 Å². The van der Waals surface area contributed by atoms with E-state index in [9.17, 15) is 4.79 Å². The highest BCUT2D eigenvalue weighted by Gasteiger charge is 2.11. The minimum atomic E-state index is -0.0798. The molecule has 0 aliphatic carbocycles. The minimum Gasteiger partial charge on any atom is -0.465 e. The van der Waals surface area contributed by atoms with E-state index >= 15 is 0 Å². The lowest BCUT2D eigenvalue weighted by molar-refractivity contribution is -0.145. The van der Waals surface area contributed by atoms with Gasteiger partial charge in [-0.25, -0.2) is 0 Å². The van der Waals surface area contributed by atoms with Crippen LogP contribution >= 0.6 is 0 Å². The fraction of sp³-hybridized carbons (Fsp3) is 0.611. The van der Waals surface area contributed by atoms with Crippen molar-refractivity contribution in [1.29, 1.82) is 0 Å². The third-order valence-corrected chi connectivity index (χ3v) is 3.58. The Balaban J connectivity index is 2.16. The van der Waals surface area contributed by atoms with Crippen LogP contribution < -0.4 is 0 Å². The summed E-state index contributed by atoms with van der Waals surface area (Å²) in [4.78, 5) is 11.7. The van der Waals surface area contributed by atoms with Crippen LogP contribution in [-0.4, -0.2) is 12.6 Å². The molecule has 0 heterocycles. The lowest BCUT2D eigenvalue weighted by atomic mass is 9.94. The van der Waals surface area contributed by atoms with Gasteiger partial charge in [-0.15, -0.1) is 0 Å². The second-order valence-electron chi connectivity index (χ2n) is 5.90. The van der Waals surface area contributed by atoms with Gasteiger partial charge in [-0.05, 0) is 30.2 Å². The van der Waals surface area contributed by atoms with Crippen molar-refractivity contribution in [2.45, 2.75) is 52.9 Å². The van der Waals surface area contributed by atoms with Gasteiger partial charge in [-0.2, -0.15) is 0 Å². The first-order chi connectivity index (χ1) is 9.61. The maximum absolute atomic E-state index is 11.7. The zero-order chi connectivity index (χ0) is 14.8. The van der Waals surface area contributed by atoms with Crippen molar-refractivity contribution in [3.8, 4) is 0 Å². The van der Waals surface area contributed by atoms with E-state index in [-0.39, 0.29) is 5.97 Å². The van der Waals surface area contributed by atoms with Gasteiger partial charge in [0.25, 0.3) is 0 Å². The van der Waals surface area contributed by atoms with Gasteiger partial charge in [0.2, 0.25) is 0 Å². The van der Waals surface area contributed by atoms with E-state index in [1.807, 2.05) is 30.3 Å². The smallest absolute Gasteiger partial charge is 0.306 e. The standard InChI is InChI=1S/C18H28O2/c1-4-8-15(2)13-16(3)14-20-18(19)12-11-17-9-6-5-7-10-17/h5-7,9-10,15-16H,4,8,11-14H2,1-3H3. The number of carbonyl (C=O) groups excluding carboxylic acids is 1. The minimum absolute atomic E-state index is 0.0798. The monoisotopic (exact) mass is 276 g/mol. The number of esters is 1. The van der Waals surface area contributed by atoms with Gasteiger partial charge in [-0.3, -0.25) is 4.79 Å². The zero-order valence-corrected chi connectivity index (χ0v) is 13.1. The van der Waals surface area contributed by atoms with Crippen LogP contribution in [0.3, 0.4) is 0 Å². The van der Waals surface area contributed by atoms with Gasteiger partial charge >= 0.3 is 5.97 Å². The van der Waals surface area contributed by atoms with Gasteiger partial charge in [0, 0.05) is 6.42 Å². The molecule has 0 aliphatic heterocycles. The molecule has 0 aliphatic rings. The maximum atomic E-state index is 11.7. The topological polar surface area (TPSA) is 26.3 Å². The molecule has 2 nitrogen and oxygen atoms in total. The van der Waals surface area contributed by atoms with Crippen molar-refractivity contribution in [1.82, 2.24) is 0 Å². The molecule has 0 saturated carbocycles. The van der Waals surface area contributed by atoms with Crippen LogP contribution in [0.2, 0.25) is 0 Å². The summed E-state index contributed by atoms with van der Waals surface area (Å²) in [5.41, 5.74) is 1.19. The molecular formula is C18H28O2. The summed E-state index contributed by atoms with van der Waals surface area (Å²) in [6, 6.07) is 10.1. The van der Waals surface area contributed by atoms with Crippen LogP contribution in [0.4, 0.5) is 0 Å². The Morgan fingerprint density at radius 1 is 1.15 bits per heavy atom. The first-order valence-corrected chi connectivity index (χ1v) is 7.81. The summed E-state index contributed by atoms with van der Waals surface area (Å²) in [6.07, 6.45) is 4.86. The second-order valence-corrected chi connectivity index (χ2v) is 5.90. The molecule has 0 aromatic heterocycles. The molecule has 0 bridgehead atoms. The lowest BCUT2D eigenvalue weighted by Gasteiger charge is -2.16. The highest BCUT2D eigenvalue weighted by molar-refractivity contribution is 5.69. The van der Waals surface area contributed by atoms with Gasteiger partial charge < -0.3 is 4.74 Å². The molecule has 2 unspecified atom stereocenters. The fourth-order valence-corrected chi connectivity index (χ4v) is 2.56. The SMILES string of the molecule is CCCC(C)CC(C)COC(=O)CCc1ccccc1. The molecule has 0 saturated heterocycles. The largest absolute Gasteiger partial charge is 0.465 e. The number of aryl methyl sites for hydroxylation is 1. The quantitative estimate of drug-likeness (QED) is 0.615. The molecule has 20 heavy (non-hydrogen) atoms. The van der Waals surface area contributed by atoms with Crippen molar-refractivity contribution in [2.75, 3.05) is 6.61 Å². The van der Waals surface area contributed by atoms with Crippen LogP contribution in [0.1, 0.15) is 52.0 Å². The van der Waals surface area contributed by atoms with Crippen LogP contribution in [0, 0.1) is 11.8 Å². The molecule has 0 spiro atoms. The van der Waals surface area contributed by atoms with Crippen molar-refractivity contribution in [2.24, 2.45) is 11.8 Å². The van der Waals surface area contributed by atoms with Gasteiger partial charge in [0.05, 0.1) is 6.61 Å². The highest BCUT2D eigenvalue weighted by Crippen LogP contribution is 2.17. The molecule has 0 N–H and O–H groups in total. The first kappa shape index (κ1) is 16.7. The molecule has 1 aromatic rings. The number of hydrogen-bond donors (Lipinski definition) is 0. The molecule has 0 radical (unpaired) electrons. The van der Waals surface area contributed by atoms with E-state index in [1.54, 1.807) is 0 Å². The van der Waals surface area contributed by atoms with Crippen LogP contribution in [0.25, 0.3) is 0 Å². The summed E-state index contributed by atoms with van der Waals surface area (Å²) < 4.78 is 5.37. The average Bonchev–Trinajstić information content (AvgIpc) is 2.44. The van der Waals surface area contributed by atoms with E-state index in [1.165, 1.54) is 18.4 Å². The number of ether oxygens (including phenoxy) is 1. The van der Waals surface area contributed by atoms with E-state index in [0.29, 0.717) is 18.9 Å². The summed E-state index contributed by atoms with van der Waals surface area (Å²) in [7, 11) is 0. The maximum Gasteiger partial charge on any atom is 0.306 e. The normalized spacial score (nSPS) is 13.8. The average molecular weight is 276 g/mol. The number of rotatable bonds is 9. The Kier molecular flexibility index (Phi) is 8.01. The number of hydrogen-bond acceptors (Lipinski definition) is 2. The summed E-state index contributed by atoms with van der Waals surface area (Å²) in [5, 5.41) is 0. The third-order valence-electron chi connectivity index (χ3n) is 3.58. The number of benzene rings is 1. The van der Waals surface area contributed by atoms with Gasteiger partial charge in [0.1, 0.15) is 0 Å². The van der Waals surface area contributed by atoms with Crippen molar-refractivity contribution in [3.63, 3.8) is 0 Å². The highest BCUT2D eigenvalue weighted by atomic mass is 16.5. The second kappa shape index (κ2) is 9.57. The molecule has 0 amide bonds. The van der Waals surface area contributed by atoms with Crippen molar-refractivity contribution < 1.29 is 9.53 Å². The van der Waals surface area contributed by atoms with Crippen LogP contribution in [0.5, 0.6) is 0 Å². The first-order valence-electron chi connectivity index (χ1n) is 7.81. The Labute approximate surface area is 123 Å². The van der Waals surface area contributed by atoms with E-state index in [0.717, 1.165) is 18.8 Å². The summed E-state index contributed by atoms with van der Waals surface area (Å²) >= 11 is 0. The molecule has 2 atom stereocenters. The molecule has 2 heteroatoms. The molecule has 1 rings (SSSR count). The zero-order valence-electron chi connectivity index (χ0n) is 13.1. The number of carbonyl (C=O) groups is 1.